The number of carbonyl (C=O) groups excluding carboxylic acids is 1. The standard InChI is InChI=1S/C15H23NO3/c1-15(2,3)19-11-12-6-5-7-13(10-12)14(17)16-8-9-18-4/h5-7,10H,8-9,11H2,1-4H3,(H,16,17). The van der Waals surface area contributed by atoms with Crippen LogP contribution in [0.1, 0.15) is 36.7 Å². The van der Waals surface area contributed by atoms with Crippen LogP contribution in [-0.4, -0.2) is 31.8 Å². The number of hydrogen-bond donors (Lipinski definition) is 1. The Kier molecular flexibility index (Phi) is 5.99. The van der Waals surface area contributed by atoms with Gasteiger partial charge < -0.3 is 14.8 Å². The van der Waals surface area contributed by atoms with Crippen molar-refractivity contribution < 1.29 is 14.3 Å². The lowest BCUT2D eigenvalue weighted by molar-refractivity contribution is -0.0149. The van der Waals surface area contributed by atoms with E-state index in [4.69, 9.17) is 9.47 Å². The van der Waals surface area contributed by atoms with E-state index in [9.17, 15) is 4.79 Å². The van der Waals surface area contributed by atoms with E-state index in [1.165, 1.54) is 0 Å². The highest BCUT2D eigenvalue weighted by Gasteiger charge is 2.11. The first-order valence-corrected chi connectivity index (χ1v) is 6.42. The Labute approximate surface area is 115 Å². The van der Waals surface area contributed by atoms with E-state index in [1.54, 1.807) is 13.2 Å². The Morgan fingerprint density at radius 2 is 2.05 bits per heavy atom. The van der Waals surface area contributed by atoms with Crippen molar-refractivity contribution in [3.05, 3.63) is 35.4 Å². The average molecular weight is 265 g/mol. The Hall–Kier alpha value is -1.39. The third-order valence-corrected chi connectivity index (χ3v) is 2.45. The molecule has 0 bridgehead atoms. The number of carbonyl (C=O) groups is 1. The van der Waals surface area contributed by atoms with Crippen molar-refractivity contribution in [3.63, 3.8) is 0 Å². The van der Waals surface area contributed by atoms with Crippen LogP contribution in [-0.2, 0) is 16.1 Å². The third kappa shape index (κ3) is 6.36. The maximum absolute atomic E-state index is 11.9. The van der Waals surface area contributed by atoms with E-state index in [1.807, 2.05) is 39.0 Å². The van der Waals surface area contributed by atoms with Crippen LogP contribution in [0.3, 0.4) is 0 Å². The molecule has 1 aromatic rings. The van der Waals surface area contributed by atoms with Crippen molar-refractivity contribution in [2.75, 3.05) is 20.3 Å². The van der Waals surface area contributed by atoms with Gasteiger partial charge in [0.2, 0.25) is 0 Å². The van der Waals surface area contributed by atoms with Crippen molar-refractivity contribution in [2.45, 2.75) is 33.0 Å². The molecule has 0 spiro atoms. The quantitative estimate of drug-likeness (QED) is 0.803. The predicted molar refractivity (Wildman–Crippen MR) is 75.2 cm³/mol. The minimum Gasteiger partial charge on any atom is -0.383 e. The van der Waals surface area contributed by atoms with E-state index >= 15 is 0 Å². The molecule has 4 nitrogen and oxygen atoms in total. The van der Waals surface area contributed by atoms with Gasteiger partial charge in [0.1, 0.15) is 0 Å². The molecule has 1 rings (SSSR count). The Balaban J connectivity index is 2.58. The predicted octanol–water partition coefficient (Wildman–Crippen LogP) is 2.38. The summed E-state index contributed by atoms with van der Waals surface area (Å²) < 4.78 is 10.6. The molecular formula is C15H23NO3. The summed E-state index contributed by atoms with van der Waals surface area (Å²) >= 11 is 0. The molecule has 106 valence electrons. The zero-order chi connectivity index (χ0) is 14.3. The summed E-state index contributed by atoms with van der Waals surface area (Å²) in [5.41, 5.74) is 1.46. The van der Waals surface area contributed by atoms with Crippen LogP contribution < -0.4 is 5.32 Å². The average Bonchev–Trinajstić information content (AvgIpc) is 2.36. The second kappa shape index (κ2) is 7.26. The van der Waals surface area contributed by atoms with E-state index in [0.717, 1.165) is 5.56 Å². The van der Waals surface area contributed by atoms with E-state index < -0.39 is 0 Å². The molecular weight excluding hydrogens is 242 g/mol. The van der Waals surface area contributed by atoms with Crippen LogP contribution in [0.2, 0.25) is 0 Å². The molecule has 1 amide bonds. The highest BCUT2D eigenvalue weighted by atomic mass is 16.5. The molecule has 0 saturated heterocycles. The number of amides is 1. The van der Waals surface area contributed by atoms with Crippen LogP contribution in [0.15, 0.2) is 24.3 Å². The van der Waals surface area contributed by atoms with Gasteiger partial charge in [0.05, 0.1) is 18.8 Å². The minimum absolute atomic E-state index is 0.0883. The van der Waals surface area contributed by atoms with Gasteiger partial charge in [-0.1, -0.05) is 12.1 Å². The SMILES string of the molecule is COCCNC(=O)c1cccc(COC(C)(C)C)c1. The molecule has 0 aliphatic rings. The van der Waals surface area contributed by atoms with Crippen molar-refractivity contribution >= 4 is 5.91 Å². The van der Waals surface area contributed by atoms with Crippen LogP contribution in [0, 0.1) is 0 Å². The summed E-state index contributed by atoms with van der Waals surface area (Å²) in [6.07, 6.45) is 0. The van der Waals surface area contributed by atoms with E-state index in [-0.39, 0.29) is 11.5 Å². The first-order valence-electron chi connectivity index (χ1n) is 6.42. The van der Waals surface area contributed by atoms with Gasteiger partial charge in [-0.3, -0.25) is 4.79 Å². The zero-order valence-electron chi connectivity index (χ0n) is 12.2. The minimum atomic E-state index is -0.184. The molecule has 0 heterocycles. The molecule has 0 radical (unpaired) electrons. The van der Waals surface area contributed by atoms with Gasteiger partial charge in [0.25, 0.3) is 5.91 Å². The van der Waals surface area contributed by atoms with Crippen LogP contribution in [0.4, 0.5) is 0 Å². The summed E-state index contributed by atoms with van der Waals surface area (Å²) in [7, 11) is 1.61. The van der Waals surface area contributed by atoms with Crippen molar-refractivity contribution in [1.82, 2.24) is 5.32 Å². The number of benzene rings is 1. The topological polar surface area (TPSA) is 47.6 Å². The lowest BCUT2D eigenvalue weighted by Crippen LogP contribution is -2.27. The number of rotatable bonds is 6. The Morgan fingerprint density at radius 3 is 2.68 bits per heavy atom. The molecule has 0 atom stereocenters. The van der Waals surface area contributed by atoms with Gasteiger partial charge in [-0.25, -0.2) is 0 Å². The van der Waals surface area contributed by atoms with Crippen LogP contribution >= 0.6 is 0 Å². The fourth-order valence-corrected chi connectivity index (χ4v) is 1.47. The third-order valence-electron chi connectivity index (χ3n) is 2.45. The molecule has 1 aromatic carbocycles. The van der Waals surface area contributed by atoms with Crippen molar-refractivity contribution in [2.24, 2.45) is 0 Å². The summed E-state index contributed by atoms with van der Waals surface area (Å²) in [5, 5.41) is 2.79. The molecule has 0 aliphatic carbocycles. The highest BCUT2D eigenvalue weighted by Crippen LogP contribution is 2.13. The highest BCUT2D eigenvalue weighted by molar-refractivity contribution is 5.94. The lowest BCUT2D eigenvalue weighted by atomic mass is 10.1. The van der Waals surface area contributed by atoms with E-state index in [2.05, 4.69) is 5.32 Å². The van der Waals surface area contributed by atoms with Crippen LogP contribution in [0.5, 0.6) is 0 Å². The Morgan fingerprint density at radius 1 is 1.32 bits per heavy atom. The first kappa shape index (κ1) is 15.7. The molecule has 0 unspecified atom stereocenters. The lowest BCUT2D eigenvalue weighted by Gasteiger charge is -2.19. The van der Waals surface area contributed by atoms with Crippen molar-refractivity contribution in [3.8, 4) is 0 Å². The monoisotopic (exact) mass is 265 g/mol. The molecule has 19 heavy (non-hydrogen) atoms. The van der Waals surface area contributed by atoms with Gasteiger partial charge in [-0.2, -0.15) is 0 Å². The van der Waals surface area contributed by atoms with Crippen molar-refractivity contribution in [1.29, 1.82) is 0 Å². The van der Waals surface area contributed by atoms with Crippen LogP contribution in [0.25, 0.3) is 0 Å². The molecule has 0 fully saturated rings. The van der Waals surface area contributed by atoms with E-state index in [0.29, 0.717) is 25.3 Å². The van der Waals surface area contributed by atoms with Gasteiger partial charge in [0.15, 0.2) is 0 Å². The molecule has 4 heteroatoms. The normalized spacial score (nSPS) is 11.4. The fourth-order valence-electron chi connectivity index (χ4n) is 1.47. The zero-order valence-corrected chi connectivity index (χ0v) is 12.2. The molecule has 0 aromatic heterocycles. The first-order chi connectivity index (χ1) is 8.92. The molecule has 0 saturated carbocycles. The maximum atomic E-state index is 11.9. The summed E-state index contributed by atoms with van der Waals surface area (Å²) in [6.45, 7) is 7.55. The second-order valence-corrected chi connectivity index (χ2v) is 5.35. The van der Waals surface area contributed by atoms with Gasteiger partial charge in [0, 0.05) is 19.2 Å². The van der Waals surface area contributed by atoms with Gasteiger partial charge in [-0.15, -0.1) is 0 Å². The number of hydrogen-bond acceptors (Lipinski definition) is 3. The second-order valence-electron chi connectivity index (χ2n) is 5.35. The maximum Gasteiger partial charge on any atom is 0.251 e. The molecule has 1 N–H and O–H groups in total. The summed E-state index contributed by atoms with van der Waals surface area (Å²) in [4.78, 5) is 11.9. The number of ether oxygens (including phenoxy) is 2. The summed E-state index contributed by atoms with van der Waals surface area (Å²) in [5.74, 6) is -0.0883. The molecule has 0 aliphatic heterocycles. The fraction of sp³-hybridized carbons (Fsp3) is 0.533. The van der Waals surface area contributed by atoms with Gasteiger partial charge >= 0.3 is 0 Å². The largest absolute Gasteiger partial charge is 0.383 e. The Bertz CT molecular complexity index is 410. The number of methoxy groups -OCH3 is 1. The number of nitrogens with one attached hydrogen (secondary N) is 1. The summed E-state index contributed by atoms with van der Waals surface area (Å²) in [6, 6.07) is 7.47. The van der Waals surface area contributed by atoms with Gasteiger partial charge in [-0.05, 0) is 38.5 Å². The smallest absolute Gasteiger partial charge is 0.251 e.